The van der Waals surface area contributed by atoms with Crippen molar-refractivity contribution in [3.8, 4) is 0 Å². The predicted molar refractivity (Wildman–Crippen MR) is 84.4 cm³/mol. The fourth-order valence-electron chi connectivity index (χ4n) is 3.06. The molecule has 0 saturated carbocycles. The van der Waals surface area contributed by atoms with Gasteiger partial charge in [-0.25, -0.2) is 0 Å². The first-order valence-corrected chi connectivity index (χ1v) is 9.09. The van der Waals surface area contributed by atoms with Gasteiger partial charge >= 0.3 is 10.2 Å². The summed E-state index contributed by atoms with van der Waals surface area (Å²) in [5, 5.41) is 3.31. The summed E-state index contributed by atoms with van der Waals surface area (Å²) < 4.78 is 29.5. The Morgan fingerprint density at radius 2 is 2.05 bits per heavy atom. The van der Waals surface area contributed by atoms with E-state index in [1.807, 2.05) is 12.1 Å². The van der Waals surface area contributed by atoms with Crippen molar-refractivity contribution in [3.63, 3.8) is 0 Å². The van der Waals surface area contributed by atoms with E-state index >= 15 is 0 Å². The first-order valence-electron chi connectivity index (χ1n) is 7.65. The first-order chi connectivity index (χ1) is 10.1. The van der Waals surface area contributed by atoms with Gasteiger partial charge in [-0.3, -0.25) is 4.72 Å². The van der Waals surface area contributed by atoms with Gasteiger partial charge in [-0.2, -0.15) is 12.7 Å². The Morgan fingerprint density at radius 1 is 1.29 bits per heavy atom. The fourth-order valence-corrected chi connectivity index (χ4v) is 4.35. The Hall–Kier alpha value is -1.11. The third-order valence-electron chi connectivity index (χ3n) is 4.46. The minimum absolute atomic E-state index is 0.618. The van der Waals surface area contributed by atoms with Gasteiger partial charge in [0.25, 0.3) is 0 Å². The maximum absolute atomic E-state index is 12.5. The second kappa shape index (κ2) is 5.94. The van der Waals surface area contributed by atoms with Crippen LogP contribution < -0.4 is 10.0 Å². The summed E-state index contributed by atoms with van der Waals surface area (Å²) in [5.41, 5.74) is 3.06. The molecule has 0 aliphatic carbocycles. The quantitative estimate of drug-likeness (QED) is 0.894. The minimum Gasteiger partial charge on any atom is -0.312 e. The predicted octanol–water partition coefficient (Wildman–Crippen LogP) is 1.72. The summed E-state index contributed by atoms with van der Waals surface area (Å²) in [6.45, 7) is 5.12. The van der Waals surface area contributed by atoms with Crippen LogP contribution in [0.15, 0.2) is 18.2 Å². The molecule has 3 rings (SSSR count). The van der Waals surface area contributed by atoms with Crippen molar-refractivity contribution in [2.75, 3.05) is 24.4 Å². The summed E-state index contributed by atoms with van der Waals surface area (Å²) in [6, 6.07) is 5.85. The van der Waals surface area contributed by atoms with Crippen LogP contribution >= 0.6 is 0 Å². The van der Waals surface area contributed by atoms with Crippen LogP contribution in [0.5, 0.6) is 0 Å². The van der Waals surface area contributed by atoms with E-state index < -0.39 is 10.2 Å². The van der Waals surface area contributed by atoms with Crippen molar-refractivity contribution >= 4 is 15.9 Å². The molecule has 2 heterocycles. The number of benzene rings is 1. The molecule has 0 amide bonds. The summed E-state index contributed by atoms with van der Waals surface area (Å²) in [7, 11) is -3.43. The van der Waals surface area contributed by atoms with Crippen LogP contribution in [0.2, 0.25) is 0 Å². The summed E-state index contributed by atoms with van der Waals surface area (Å²) in [5.74, 6) is 0.618. The average Bonchev–Trinajstić information content (AvgIpc) is 2.48. The van der Waals surface area contributed by atoms with E-state index in [4.69, 9.17) is 0 Å². The highest BCUT2D eigenvalue weighted by Crippen LogP contribution is 2.26. The van der Waals surface area contributed by atoms with Crippen molar-refractivity contribution in [2.45, 2.75) is 32.7 Å². The second-order valence-corrected chi connectivity index (χ2v) is 7.73. The van der Waals surface area contributed by atoms with E-state index in [0.29, 0.717) is 19.0 Å². The van der Waals surface area contributed by atoms with Gasteiger partial charge in [-0.05, 0) is 48.9 Å². The largest absolute Gasteiger partial charge is 0.312 e. The molecule has 1 saturated heterocycles. The SMILES string of the molecule is CC1CCN(S(=O)(=O)Nc2cccc3c2CCNC3)CC1. The lowest BCUT2D eigenvalue weighted by atomic mass is 9.99. The number of fused-ring (bicyclic) bond motifs is 1. The normalized spacial score (nSPS) is 21.0. The van der Waals surface area contributed by atoms with Crippen LogP contribution in [0.25, 0.3) is 0 Å². The van der Waals surface area contributed by atoms with Crippen LogP contribution in [-0.2, 0) is 23.2 Å². The maximum Gasteiger partial charge on any atom is 0.301 e. The topological polar surface area (TPSA) is 61.4 Å². The van der Waals surface area contributed by atoms with Crippen molar-refractivity contribution < 1.29 is 8.42 Å². The molecule has 0 aromatic heterocycles. The number of piperidine rings is 1. The maximum atomic E-state index is 12.5. The lowest BCUT2D eigenvalue weighted by Crippen LogP contribution is -2.41. The molecule has 5 nitrogen and oxygen atoms in total. The van der Waals surface area contributed by atoms with Crippen molar-refractivity contribution in [2.24, 2.45) is 5.92 Å². The zero-order chi connectivity index (χ0) is 14.9. The zero-order valence-corrected chi connectivity index (χ0v) is 13.2. The highest BCUT2D eigenvalue weighted by Gasteiger charge is 2.27. The molecule has 116 valence electrons. The van der Waals surface area contributed by atoms with Crippen LogP contribution in [0, 0.1) is 5.92 Å². The van der Waals surface area contributed by atoms with E-state index in [2.05, 4.69) is 23.0 Å². The number of hydrogen-bond acceptors (Lipinski definition) is 3. The molecule has 1 aromatic rings. The molecule has 2 aliphatic rings. The monoisotopic (exact) mass is 309 g/mol. The van der Waals surface area contributed by atoms with Gasteiger partial charge < -0.3 is 5.32 Å². The molecule has 0 spiro atoms. The second-order valence-electron chi connectivity index (χ2n) is 6.06. The highest BCUT2D eigenvalue weighted by atomic mass is 32.2. The molecule has 2 N–H and O–H groups in total. The lowest BCUT2D eigenvalue weighted by molar-refractivity contribution is 0.289. The van der Waals surface area contributed by atoms with Crippen LogP contribution in [0.4, 0.5) is 5.69 Å². The van der Waals surface area contributed by atoms with E-state index in [1.54, 1.807) is 4.31 Å². The smallest absolute Gasteiger partial charge is 0.301 e. The van der Waals surface area contributed by atoms with E-state index in [9.17, 15) is 8.42 Å². The Kier molecular flexibility index (Phi) is 4.19. The fraction of sp³-hybridized carbons (Fsp3) is 0.600. The molecule has 6 heteroatoms. The molecule has 0 unspecified atom stereocenters. The van der Waals surface area contributed by atoms with Gasteiger partial charge in [0.2, 0.25) is 0 Å². The molecule has 0 atom stereocenters. The third kappa shape index (κ3) is 3.22. The summed E-state index contributed by atoms with van der Waals surface area (Å²) in [4.78, 5) is 0. The Labute approximate surface area is 126 Å². The zero-order valence-electron chi connectivity index (χ0n) is 12.4. The van der Waals surface area contributed by atoms with Crippen LogP contribution in [-0.4, -0.2) is 32.4 Å². The lowest BCUT2D eigenvalue weighted by Gasteiger charge is -2.30. The van der Waals surface area contributed by atoms with Gasteiger partial charge in [0.05, 0.1) is 5.69 Å². The average molecular weight is 309 g/mol. The van der Waals surface area contributed by atoms with Gasteiger partial charge in [-0.15, -0.1) is 0 Å². The molecule has 21 heavy (non-hydrogen) atoms. The van der Waals surface area contributed by atoms with E-state index in [1.165, 1.54) is 5.56 Å². The first kappa shape index (κ1) is 14.8. The number of anilines is 1. The molecule has 2 aliphatic heterocycles. The van der Waals surface area contributed by atoms with Gasteiger partial charge in [0.15, 0.2) is 0 Å². The Bertz CT molecular complexity index is 607. The van der Waals surface area contributed by atoms with Gasteiger partial charge in [-0.1, -0.05) is 19.1 Å². The number of rotatable bonds is 3. The highest BCUT2D eigenvalue weighted by molar-refractivity contribution is 7.90. The van der Waals surface area contributed by atoms with Crippen LogP contribution in [0.1, 0.15) is 30.9 Å². The van der Waals surface area contributed by atoms with Crippen molar-refractivity contribution in [1.29, 1.82) is 0 Å². The third-order valence-corrected chi connectivity index (χ3v) is 5.98. The number of nitrogens with zero attached hydrogens (tertiary/aromatic N) is 1. The van der Waals surface area contributed by atoms with Crippen molar-refractivity contribution in [1.82, 2.24) is 9.62 Å². The molecule has 1 fully saturated rings. The molecule has 0 radical (unpaired) electrons. The molecular weight excluding hydrogens is 286 g/mol. The van der Waals surface area contributed by atoms with Gasteiger partial charge in [0.1, 0.15) is 0 Å². The Balaban J connectivity index is 1.79. The molecule has 0 bridgehead atoms. The van der Waals surface area contributed by atoms with E-state index in [-0.39, 0.29) is 0 Å². The van der Waals surface area contributed by atoms with Crippen molar-refractivity contribution in [3.05, 3.63) is 29.3 Å². The minimum atomic E-state index is -3.43. The molecule has 1 aromatic carbocycles. The summed E-state index contributed by atoms with van der Waals surface area (Å²) in [6.07, 6.45) is 2.75. The summed E-state index contributed by atoms with van der Waals surface area (Å²) >= 11 is 0. The van der Waals surface area contributed by atoms with Crippen LogP contribution in [0.3, 0.4) is 0 Å². The van der Waals surface area contributed by atoms with E-state index in [0.717, 1.165) is 43.6 Å². The standard InChI is InChI=1S/C15H23N3O2S/c1-12-6-9-18(10-7-12)21(19,20)17-15-4-2-3-13-11-16-8-5-14(13)15/h2-4,12,16-17H,5-11H2,1H3. The van der Waals surface area contributed by atoms with Gasteiger partial charge in [0, 0.05) is 19.6 Å². The number of nitrogens with one attached hydrogen (secondary N) is 2. The number of hydrogen-bond donors (Lipinski definition) is 2. The Morgan fingerprint density at radius 3 is 2.81 bits per heavy atom. The molecular formula is C15H23N3O2S.